The summed E-state index contributed by atoms with van der Waals surface area (Å²) >= 11 is 0. The van der Waals surface area contributed by atoms with E-state index in [2.05, 4.69) is 24.3 Å². The van der Waals surface area contributed by atoms with Crippen LogP contribution in [-0.2, 0) is 22.4 Å². The first-order valence-electron chi connectivity index (χ1n) is 21.2. The van der Waals surface area contributed by atoms with E-state index in [4.69, 9.17) is 11.5 Å². The SMILES string of the molecule is NC(=O)CCCCCCCCCCCCCCCCCCc1ccc(CCCCCCCCCCCCCCCCCCC(N)=O)cc1. The maximum atomic E-state index is 10.7. The number of nitrogens with two attached hydrogens (primary N) is 2. The minimum Gasteiger partial charge on any atom is -0.370 e. The Morgan fingerprint density at radius 3 is 0.646 bits per heavy atom. The van der Waals surface area contributed by atoms with Gasteiger partial charge in [-0.3, -0.25) is 9.59 Å². The molecule has 1 aromatic carbocycles. The molecule has 0 fully saturated rings. The Morgan fingerprint density at radius 2 is 0.458 bits per heavy atom. The van der Waals surface area contributed by atoms with E-state index in [9.17, 15) is 9.59 Å². The molecule has 0 unspecified atom stereocenters. The van der Waals surface area contributed by atoms with Gasteiger partial charge in [0.25, 0.3) is 0 Å². The van der Waals surface area contributed by atoms with Crippen molar-refractivity contribution in [1.29, 1.82) is 0 Å². The topological polar surface area (TPSA) is 86.2 Å². The fraction of sp³-hybridized carbons (Fsp3) is 0.818. The van der Waals surface area contributed by atoms with Gasteiger partial charge in [-0.15, -0.1) is 0 Å². The van der Waals surface area contributed by atoms with Gasteiger partial charge in [0, 0.05) is 12.8 Å². The third-order valence-electron chi connectivity index (χ3n) is 10.3. The summed E-state index contributed by atoms with van der Waals surface area (Å²) < 4.78 is 0. The van der Waals surface area contributed by atoms with Crippen LogP contribution in [0.4, 0.5) is 0 Å². The van der Waals surface area contributed by atoms with Crippen molar-refractivity contribution in [2.75, 3.05) is 0 Å². The predicted molar refractivity (Wildman–Crippen MR) is 209 cm³/mol. The van der Waals surface area contributed by atoms with E-state index in [1.165, 1.54) is 204 Å². The number of rotatable bonds is 38. The monoisotopic (exact) mass is 669 g/mol. The van der Waals surface area contributed by atoms with Gasteiger partial charge in [0.2, 0.25) is 11.8 Å². The van der Waals surface area contributed by atoms with E-state index in [1.807, 2.05) is 0 Å². The number of carbonyl (C=O) groups excluding carboxylic acids is 2. The lowest BCUT2D eigenvalue weighted by Crippen LogP contribution is -2.09. The summed E-state index contributed by atoms with van der Waals surface area (Å²) in [5.74, 6) is -0.310. The molecule has 0 atom stereocenters. The number of hydrogen-bond acceptors (Lipinski definition) is 2. The van der Waals surface area contributed by atoms with Gasteiger partial charge in [0.15, 0.2) is 0 Å². The summed E-state index contributed by atoms with van der Waals surface area (Å²) in [5.41, 5.74) is 13.4. The molecule has 0 saturated heterocycles. The molecule has 0 saturated carbocycles. The van der Waals surface area contributed by atoms with Crippen LogP contribution in [0.25, 0.3) is 0 Å². The first-order valence-corrected chi connectivity index (χ1v) is 21.2. The average molecular weight is 669 g/mol. The average Bonchev–Trinajstić information content (AvgIpc) is 3.07. The highest BCUT2D eigenvalue weighted by Gasteiger charge is 2.00. The van der Waals surface area contributed by atoms with E-state index in [1.54, 1.807) is 0 Å². The molecule has 0 aliphatic heterocycles. The van der Waals surface area contributed by atoms with Crippen molar-refractivity contribution in [2.45, 2.75) is 231 Å². The summed E-state index contributed by atoms with van der Waals surface area (Å²) in [6.45, 7) is 0. The van der Waals surface area contributed by atoms with Gasteiger partial charge in [0.05, 0.1) is 0 Å². The summed E-state index contributed by atoms with van der Waals surface area (Å²) in [7, 11) is 0. The van der Waals surface area contributed by atoms with Gasteiger partial charge in [-0.05, 0) is 49.7 Å². The van der Waals surface area contributed by atoms with Crippen LogP contribution in [0.2, 0.25) is 0 Å². The predicted octanol–water partition coefficient (Wildman–Crippen LogP) is 13.0. The third-order valence-corrected chi connectivity index (χ3v) is 10.3. The summed E-state index contributed by atoms with van der Waals surface area (Å²) in [6, 6.07) is 9.54. The number of benzene rings is 1. The number of amides is 2. The summed E-state index contributed by atoms with van der Waals surface area (Å²) in [5, 5.41) is 0. The molecule has 4 nitrogen and oxygen atoms in total. The molecule has 0 aliphatic rings. The largest absolute Gasteiger partial charge is 0.370 e. The molecule has 0 spiro atoms. The lowest BCUT2D eigenvalue weighted by Gasteiger charge is -2.06. The second-order valence-corrected chi connectivity index (χ2v) is 15.1. The van der Waals surface area contributed by atoms with E-state index in [-0.39, 0.29) is 11.8 Å². The fourth-order valence-corrected chi connectivity index (χ4v) is 7.08. The highest BCUT2D eigenvalue weighted by atomic mass is 16.1. The standard InChI is InChI=1S/C44H80N2O2/c45-43(47)35-31-27-23-19-15-11-7-3-1-5-9-13-17-21-25-29-33-41-37-39-42(40-38-41)34-30-26-22-18-14-10-6-2-4-8-12-16-20-24-28-32-36-44(46)48/h37-40H,1-36H2,(H2,45,47)(H2,46,48). The number of unbranched alkanes of at least 4 members (excludes halogenated alkanes) is 30. The Kier molecular flexibility index (Phi) is 32.2. The minimum absolute atomic E-state index is 0.155. The smallest absolute Gasteiger partial charge is 0.217 e. The van der Waals surface area contributed by atoms with Crippen molar-refractivity contribution >= 4 is 11.8 Å². The Balaban J connectivity index is 1.78. The van der Waals surface area contributed by atoms with Crippen molar-refractivity contribution in [1.82, 2.24) is 0 Å². The van der Waals surface area contributed by atoms with Gasteiger partial charge in [-0.2, -0.15) is 0 Å². The highest BCUT2D eigenvalue weighted by molar-refractivity contribution is 5.73. The quantitative estimate of drug-likeness (QED) is 0.0687. The van der Waals surface area contributed by atoms with Crippen LogP contribution < -0.4 is 11.5 Å². The van der Waals surface area contributed by atoms with Crippen LogP contribution in [0, 0.1) is 0 Å². The van der Waals surface area contributed by atoms with Crippen molar-refractivity contribution < 1.29 is 9.59 Å². The summed E-state index contributed by atoms with van der Waals surface area (Å²) in [6.07, 6.45) is 46.6. The molecule has 278 valence electrons. The van der Waals surface area contributed by atoms with Crippen LogP contribution in [0.1, 0.15) is 229 Å². The lowest BCUT2D eigenvalue weighted by atomic mass is 10.0. The Hall–Kier alpha value is -1.84. The molecule has 2 amide bonds. The molecular weight excluding hydrogens is 588 g/mol. The number of carbonyl (C=O) groups is 2. The normalized spacial score (nSPS) is 11.3. The van der Waals surface area contributed by atoms with E-state index in [0.717, 1.165) is 25.7 Å². The number of hydrogen-bond donors (Lipinski definition) is 2. The minimum atomic E-state index is -0.155. The van der Waals surface area contributed by atoms with Crippen LogP contribution in [0.3, 0.4) is 0 Å². The molecule has 1 aromatic rings. The van der Waals surface area contributed by atoms with E-state index < -0.39 is 0 Å². The Labute approximate surface area is 298 Å². The van der Waals surface area contributed by atoms with Crippen LogP contribution in [-0.4, -0.2) is 11.8 Å². The highest BCUT2D eigenvalue weighted by Crippen LogP contribution is 2.17. The van der Waals surface area contributed by atoms with E-state index >= 15 is 0 Å². The zero-order valence-electron chi connectivity index (χ0n) is 31.7. The molecule has 0 aromatic heterocycles. The maximum absolute atomic E-state index is 10.7. The van der Waals surface area contributed by atoms with Crippen LogP contribution in [0.5, 0.6) is 0 Å². The van der Waals surface area contributed by atoms with Gasteiger partial charge in [-0.1, -0.05) is 204 Å². The van der Waals surface area contributed by atoms with E-state index in [0.29, 0.717) is 12.8 Å². The van der Waals surface area contributed by atoms with Crippen LogP contribution >= 0.6 is 0 Å². The Bertz CT molecular complexity index is 768. The van der Waals surface area contributed by atoms with Crippen molar-refractivity contribution in [2.24, 2.45) is 11.5 Å². The van der Waals surface area contributed by atoms with Crippen LogP contribution in [0.15, 0.2) is 24.3 Å². The van der Waals surface area contributed by atoms with Gasteiger partial charge in [-0.25, -0.2) is 0 Å². The first-order chi connectivity index (χ1) is 23.6. The second-order valence-electron chi connectivity index (χ2n) is 15.1. The molecule has 0 heterocycles. The maximum Gasteiger partial charge on any atom is 0.217 e. The molecule has 0 bridgehead atoms. The fourth-order valence-electron chi connectivity index (χ4n) is 7.08. The summed E-state index contributed by atoms with van der Waals surface area (Å²) in [4.78, 5) is 21.5. The molecule has 4 N–H and O–H groups in total. The molecule has 1 rings (SSSR count). The van der Waals surface area contributed by atoms with Gasteiger partial charge >= 0.3 is 0 Å². The van der Waals surface area contributed by atoms with Gasteiger partial charge < -0.3 is 11.5 Å². The first kappa shape index (κ1) is 44.2. The van der Waals surface area contributed by atoms with Gasteiger partial charge in [0.1, 0.15) is 0 Å². The molecule has 0 radical (unpaired) electrons. The molecule has 0 aliphatic carbocycles. The zero-order chi connectivity index (χ0) is 34.6. The third kappa shape index (κ3) is 32.7. The van der Waals surface area contributed by atoms with Crippen molar-refractivity contribution in [3.8, 4) is 0 Å². The molecule has 48 heavy (non-hydrogen) atoms. The Morgan fingerprint density at radius 1 is 0.292 bits per heavy atom. The number of primary amides is 2. The lowest BCUT2D eigenvalue weighted by molar-refractivity contribution is -0.119. The van der Waals surface area contributed by atoms with Crippen molar-refractivity contribution in [3.05, 3.63) is 35.4 Å². The second kappa shape index (κ2) is 35.0. The zero-order valence-corrected chi connectivity index (χ0v) is 31.7. The molecular formula is C44H80N2O2. The number of aryl methyl sites for hydroxylation is 2. The molecule has 4 heteroatoms. The van der Waals surface area contributed by atoms with Crippen molar-refractivity contribution in [3.63, 3.8) is 0 Å².